The zero-order valence-corrected chi connectivity index (χ0v) is 11.0. The van der Waals surface area contributed by atoms with E-state index in [4.69, 9.17) is 15.2 Å². The number of hydrogen-bond donors (Lipinski definition) is 2. The van der Waals surface area contributed by atoms with Gasteiger partial charge in [0.2, 0.25) is 0 Å². The minimum Gasteiger partial charge on any atom is -0.493 e. The highest BCUT2D eigenvalue weighted by Crippen LogP contribution is 2.30. The molecule has 0 saturated carbocycles. The Morgan fingerprint density at radius 3 is 2.72 bits per heavy atom. The molecule has 0 radical (unpaired) electrons. The predicted molar refractivity (Wildman–Crippen MR) is 69.7 cm³/mol. The molecule has 0 bridgehead atoms. The number of carbonyl (C=O) groups excluding carboxylic acids is 1. The molecule has 0 aliphatic heterocycles. The second kappa shape index (κ2) is 6.86. The van der Waals surface area contributed by atoms with Gasteiger partial charge in [0, 0.05) is 18.2 Å². The summed E-state index contributed by atoms with van der Waals surface area (Å²) in [7, 11) is 1.55. The first-order valence-corrected chi connectivity index (χ1v) is 5.86. The zero-order valence-electron chi connectivity index (χ0n) is 11.0. The van der Waals surface area contributed by atoms with Crippen molar-refractivity contribution in [1.29, 1.82) is 0 Å². The van der Waals surface area contributed by atoms with Crippen LogP contribution in [-0.2, 0) is 11.3 Å². The molecule has 1 rings (SSSR count). The maximum atomic E-state index is 11.5. The van der Waals surface area contributed by atoms with Crippen LogP contribution in [0.4, 0.5) is 0 Å². The lowest BCUT2D eigenvalue weighted by atomic mass is 10.2. The van der Waals surface area contributed by atoms with Crippen molar-refractivity contribution < 1.29 is 14.3 Å². The first kappa shape index (κ1) is 14.3. The van der Waals surface area contributed by atoms with Gasteiger partial charge in [-0.05, 0) is 19.9 Å². The maximum Gasteiger partial charge on any atom is 0.258 e. The molecular weight excluding hydrogens is 232 g/mol. The molecule has 0 aromatic heterocycles. The molecular formula is C13H20N2O3. The third-order valence-electron chi connectivity index (χ3n) is 2.30. The summed E-state index contributed by atoms with van der Waals surface area (Å²) in [6.45, 7) is 4.07. The molecule has 3 N–H and O–H groups in total. The minimum atomic E-state index is -0.168. The molecule has 0 spiro atoms. The van der Waals surface area contributed by atoms with Crippen molar-refractivity contribution in [2.24, 2.45) is 5.73 Å². The van der Waals surface area contributed by atoms with Crippen LogP contribution in [0.2, 0.25) is 0 Å². The fraction of sp³-hybridized carbons (Fsp3) is 0.462. The number of ether oxygens (including phenoxy) is 2. The van der Waals surface area contributed by atoms with Gasteiger partial charge in [-0.3, -0.25) is 4.79 Å². The van der Waals surface area contributed by atoms with Crippen LogP contribution in [0.3, 0.4) is 0 Å². The van der Waals surface area contributed by atoms with Gasteiger partial charge in [-0.1, -0.05) is 12.1 Å². The number of amides is 1. The first-order valence-electron chi connectivity index (χ1n) is 5.86. The van der Waals surface area contributed by atoms with Gasteiger partial charge in [0.1, 0.15) is 0 Å². The minimum absolute atomic E-state index is 0.0500. The summed E-state index contributed by atoms with van der Waals surface area (Å²) in [6.07, 6.45) is 0. The Bertz CT molecular complexity index is 383. The van der Waals surface area contributed by atoms with Gasteiger partial charge < -0.3 is 20.5 Å². The van der Waals surface area contributed by atoms with Crippen LogP contribution in [-0.4, -0.2) is 25.7 Å². The summed E-state index contributed by atoms with van der Waals surface area (Å²) in [5.74, 6) is 0.940. The molecule has 18 heavy (non-hydrogen) atoms. The third-order valence-corrected chi connectivity index (χ3v) is 2.30. The Morgan fingerprint density at radius 2 is 2.17 bits per heavy atom. The van der Waals surface area contributed by atoms with Gasteiger partial charge in [-0.25, -0.2) is 0 Å². The monoisotopic (exact) mass is 252 g/mol. The molecule has 0 fully saturated rings. The molecule has 5 nitrogen and oxygen atoms in total. The molecule has 0 saturated heterocycles. The van der Waals surface area contributed by atoms with Crippen LogP contribution in [0.5, 0.6) is 11.5 Å². The van der Waals surface area contributed by atoms with Crippen LogP contribution in [0.15, 0.2) is 18.2 Å². The van der Waals surface area contributed by atoms with E-state index in [2.05, 4.69) is 5.32 Å². The van der Waals surface area contributed by atoms with E-state index in [0.29, 0.717) is 18.0 Å². The van der Waals surface area contributed by atoms with Gasteiger partial charge >= 0.3 is 0 Å². The highest BCUT2D eigenvalue weighted by molar-refractivity contribution is 5.77. The van der Waals surface area contributed by atoms with Crippen LogP contribution < -0.4 is 20.5 Å². The summed E-state index contributed by atoms with van der Waals surface area (Å²) in [5.41, 5.74) is 6.44. The lowest BCUT2D eigenvalue weighted by Gasteiger charge is -2.14. The standard InChI is InChI=1S/C13H20N2O3/c1-9(2)15-12(16)8-18-13-10(7-14)5-4-6-11(13)17-3/h4-6,9H,7-8,14H2,1-3H3,(H,15,16). The van der Waals surface area contributed by atoms with Gasteiger partial charge in [0.05, 0.1) is 7.11 Å². The number of methoxy groups -OCH3 is 1. The van der Waals surface area contributed by atoms with Crippen molar-refractivity contribution in [2.75, 3.05) is 13.7 Å². The second-order valence-corrected chi connectivity index (χ2v) is 4.16. The van der Waals surface area contributed by atoms with E-state index >= 15 is 0 Å². The van der Waals surface area contributed by atoms with E-state index in [9.17, 15) is 4.79 Å². The SMILES string of the molecule is COc1cccc(CN)c1OCC(=O)NC(C)C. The molecule has 1 aromatic carbocycles. The average Bonchev–Trinajstić information content (AvgIpc) is 2.34. The largest absolute Gasteiger partial charge is 0.493 e. The number of nitrogens with one attached hydrogen (secondary N) is 1. The normalized spacial score (nSPS) is 10.3. The van der Waals surface area contributed by atoms with Crippen LogP contribution in [0.25, 0.3) is 0 Å². The molecule has 1 amide bonds. The van der Waals surface area contributed by atoms with Gasteiger partial charge in [-0.2, -0.15) is 0 Å². The highest BCUT2D eigenvalue weighted by Gasteiger charge is 2.11. The molecule has 0 aliphatic rings. The van der Waals surface area contributed by atoms with Crippen LogP contribution >= 0.6 is 0 Å². The smallest absolute Gasteiger partial charge is 0.258 e. The van der Waals surface area contributed by atoms with Crippen LogP contribution in [0, 0.1) is 0 Å². The Balaban J connectivity index is 2.74. The molecule has 0 heterocycles. The number of nitrogens with two attached hydrogens (primary N) is 1. The Morgan fingerprint density at radius 1 is 1.44 bits per heavy atom. The van der Waals surface area contributed by atoms with Crippen molar-refractivity contribution in [1.82, 2.24) is 5.32 Å². The lowest BCUT2D eigenvalue weighted by Crippen LogP contribution is -2.34. The topological polar surface area (TPSA) is 73.6 Å². The molecule has 1 aromatic rings. The van der Waals surface area contributed by atoms with Crippen molar-refractivity contribution >= 4 is 5.91 Å². The van der Waals surface area contributed by atoms with E-state index in [1.165, 1.54) is 0 Å². The van der Waals surface area contributed by atoms with Crippen molar-refractivity contribution in [3.8, 4) is 11.5 Å². The Kier molecular flexibility index (Phi) is 5.45. The van der Waals surface area contributed by atoms with E-state index in [0.717, 1.165) is 5.56 Å². The van der Waals surface area contributed by atoms with E-state index in [1.54, 1.807) is 13.2 Å². The fourth-order valence-electron chi connectivity index (χ4n) is 1.55. The highest BCUT2D eigenvalue weighted by atomic mass is 16.5. The number of hydrogen-bond acceptors (Lipinski definition) is 4. The Labute approximate surface area is 107 Å². The number of para-hydroxylation sites is 1. The second-order valence-electron chi connectivity index (χ2n) is 4.16. The van der Waals surface area contributed by atoms with Gasteiger partial charge in [0.15, 0.2) is 18.1 Å². The predicted octanol–water partition coefficient (Wildman–Crippen LogP) is 1.06. The van der Waals surface area contributed by atoms with Crippen LogP contribution in [0.1, 0.15) is 19.4 Å². The number of benzene rings is 1. The third kappa shape index (κ3) is 3.92. The maximum absolute atomic E-state index is 11.5. The summed E-state index contributed by atoms with van der Waals surface area (Å²) in [5, 5.41) is 2.75. The van der Waals surface area contributed by atoms with Crippen molar-refractivity contribution in [3.05, 3.63) is 23.8 Å². The van der Waals surface area contributed by atoms with Gasteiger partial charge in [-0.15, -0.1) is 0 Å². The average molecular weight is 252 g/mol. The van der Waals surface area contributed by atoms with E-state index in [1.807, 2.05) is 26.0 Å². The molecule has 0 aliphatic carbocycles. The summed E-state index contributed by atoms with van der Waals surface area (Å²) in [6, 6.07) is 5.54. The lowest BCUT2D eigenvalue weighted by molar-refractivity contribution is -0.123. The molecule has 100 valence electrons. The fourth-order valence-corrected chi connectivity index (χ4v) is 1.55. The number of carbonyl (C=O) groups is 1. The quantitative estimate of drug-likeness (QED) is 0.794. The van der Waals surface area contributed by atoms with Crippen molar-refractivity contribution in [3.63, 3.8) is 0 Å². The first-order chi connectivity index (χ1) is 8.58. The molecule has 0 unspecified atom stereocenters. The summed E-state index contributed by atoms with van der Waals surface area (Å²) in [4.78, 5) is 11.5. The number of rotatable bonds is 6. The molecule has 0 atom stereocenters. The summed E-state index contributed by atoms with van der Waals surface area (Å²) < 4.78 is 10.7. The van der Waals surface area contributed by atoms with Crippen molar-refractivity contribution in [2.45, 2.75) is 26.4 Å². The van der Waals surface area contributed by atoms with E-state index in [-0.39, 0.29) is 18.6 Å². The zero-order chi connectivity index (χ0) is 13.5. The Hall–Kier alpha value is -1.75. The summed E-state index contributed by atoms with van der Waals surface area (Å²) >= 11 is 0. The van der Waals surface area contributed by atoms with Gasteiger partial charge in [0.25, 0.3) is 5.91 Å². The van der Waals surface area contributed by atoms with E-state index < -0.39 is 0 Å². The molecule has 5 heteroatoms.